The third-order valence-electron chi connectivity index (χ3n) is 3.37. The molecule has 17 heavy (non-hydrogen) atoms. The van der Waals surface area contributed by atoms with E-state index in [4.69, 9.17) is 5.84 Å². The molecule has 1 aromatic heterocycles. The van der Waals surface area contributed by atoms with Crippen LogP contribution in [0.2, 0.25) is 0 Å². The summed E-state index contributed by atoms with van der Waals surface area (Å²) in [6.45, 7) is 4.29. The van der Waals surface area contributed by atoms with Crippen molar-refractivity contribution >= 4 is 11.6 Å². The van der Waals surface area contributed by atoms with Gasteiger partial charge in [0.1, 0.15) is 17.5 Å². The van der Waals surface area contributed by atoms with Gasteiger partial charge in [0.25, 0.3) is 0 Å². The zero-order valence-electron chi connectivity index (χ0n) is 10.6. The van der Waals surface area contributed by atoms with Crippen LogP contribution in [0.15, 0.2) is 6.07 Å². The van der Waals surface area contributed by atoms with E-state index in [2.05, 4.69) is 27.6 Å². The summed E-state index contributed by atoms with van der Waals surface area (Å²) in [4.78, 5) is 8.77. The number of anilines is 2. The van der Waals surface area contributed by atoms with Crippen LogP contribution in [0.1, 0.15) is 45.4 Å². The van der Waals surface area contributed by atoms with E-state index in [1.165, 1.54) is 25.7 Å². The average molecular weight is 235 g/mol. The van der Waals surface area contributed by atoms with Gasteiger partial charge in [-0.3, -0.25) is 0 Å². The number of rotatable bonds is 4. The monoisotopic (exact) mass is 235 g/mol. The smallest absolute Gasteiger partial charge is 0.145 e. The Morgan fingerprint density at radius 3 is 2.53 bits per heavy atom. The molecule has 0 atom stereocenters. The third kappa shape index (κ3) is 2.85. The maximum atomic E-state index is 5.42. The summed E-state index contributed by atoms with van der Waals surface area (Å²) in [7, 11) is 0. The molecule has 5 heteroatoms. The maximum Gasteiger partial charge on any atom is 0.145 e. The molecule has 1 aromatic rings. The minimum atomic E-state index is 0.172. The highest BCUT2D eigenvalue weighted by atomic mass is 15.3. The van der Waals surface area contributed by atoms with Crippen LogP contribution >= 0.6 is 0 Å². The second-order valence-electron chi connectivity index (χ2n) is 4.95. The molecule has 1 fully saturated rings. The lowest BCUT2D eigenvalue weighted by atomic mass is 10.0. The van der Waals surface area contributed by atoms with Gasteiger partial charge in [-0.15, -0.1) is 0 Å². The van der Waals surface area contributed by atoms with Crippen LogP contribution in [0.25, 0.3) is 0 Å². The van der Waals surface area contributed by atoms with Crippen molar-refractivity contribution in [2.75, 3.05) is 10.7 Å². The molecule has 1 aliphatic rings. The third-order valence-corrected chi connectivity index (χ3v) is 3.37. The fourth-order valence-corrected chi connectivity index (χ4v) is 2.38. The van der Waals surface area contributed by atoms with Gasteiger partial charge in [-0.2, -0.15) is 0 Å². The molecule has 0 unspecified atom stereocenters. The van der Waals surface area contributed by atoms with Gasteiger partial charge in [0.15, 0.2) is 0 Å². The van der Waals surface area contributed by atoms with Crippen LogP contribution in [0.3, 0.4) is 0 Å². The van der Waals surface area contributed by atoms with E-state index in [1.54, 1.807) is 0 Å². The van der Waals surface area contributed by atoms with Crippen molar-refractivity contribution in [1.82, 2.24) is 9.97 Å². The second kappa shape index (κ2) is 4.87. The van der Waals surface area contributed by atoms with Crippen LogP contribution in [0, 0.1) is 0 Å². The Hall–Kier alpha value is -1.36. The Labute approximate surface area is 102 Å². The molecule has 0 aromatic carbocycles. The topological polar surface area (TPSA) is 75.9 Å². The van der Waals surface area contributed by atoms with Gasteiger partial charge in [0.05, 0.1) is 0 Å². The van der Waals surface area contributed by atoms with Gasteiger partial charge in [-0.25, -0.2) is 15.8 Å². The number of aryl methyl sites for hydroxylation is 1. The molecule has 1 aliphatic carbocycles. The van der Waals surface area contributed by atoms with Crippen LogP contribution in [0.4, 0.5) is 11.6 Å². The summed E-state index contributed by atoms with van der Waals surface area (Å²) < 4.78 is 0. The molecule has 0 aliphatic heterocycles. The Morgan fingerprint density at radius 2 is 1.94 bits per heavy atom. The highest BCUT2D eigenvalue weighted by Crippen LogP contribution is 2.32. The Bertz CT molecular complexity index is 362. The van der Waals surface area contributed by atoms with E-state index in [-0.39, 0.29) is 5.54 Å². The molecule has 0 saturated heterocycles. The average Bonchev–Trinajstić information content (AvgIpc) is 2.75. The highest BCUT2D eigenvalue weighted by Gasteiger charge is 2.28. The quantitative estimate of drug-likeness (QED) is 0.550. The summed E-state index contributed by atoms with van der Waals surface area (Å²) in [6, 6.07) is 1.86. The Kier molecular flexibility index (Phi) is 3.47. The number of nitrogen functional groups attached to an aromatic ring is 1. The minimum absolute atomic E-state index is 0.172. The largest absolute Gasteiger partial charge is 0.365 e. The zero-order chi connectivity index (χ0) is 12.3. The molecule has 0 bridgehead atoms. The number of hydrazine groups is 1. The number of nitrogens with two attached hydrogens (primary N) is 1. The maximum absolute atomic E-state index is 5.42. The van der Waals surface area contributed by atoms with E-state index in [0.717, 1.165) is 18.1 Å². The lowest BCUT2D eigenvalue weighted by Gasteiger charge is -2.26. The number of hydrogen-bond acceptors (Lipinski definition) is 5. The minimum Gasteiger partial charge on any atom is -0.365 e. The van der Waals surface area contributed by atoms with Crippen molar-refractivity contribution in [3.8, 4) is 0 Å². The first kappa shape index (κ1) is 12.1. The summed E-state index contributed by atoms with van der Waals surface area (Å²) in [5, 5.41) is 3.52. The Balaban J connectivity index is 2.19. The van der Waals surface area contributed by atoms with E-state index in [9.17, 15) is 0 Å². The molecule has 5 nitrogen and oxygen atoms in total. The molecule has 0 radical (unpaired) electrons. The van der Waals surface area contributed by atoms with Crippen molar-refractivity contribution in [3.63, 3.8) is 0 Å². The molecule has 0 amide bonds. The van der Waals surface area contributed by atoms with E-state index in [0.29, 0.717) is 5.82 Å². The first-order chi connectivity index (χ1) is 8.15. The molecule has 94 valence electrons. The van der Waals surface area contributed by atoms with E-state index >= 15 is 0 Å². The van der Waals surface area contributed by atoms with E-state index in [1.807, 2.05) is 13.0 Å². The summed E-state index contributed by atoms with van der Waals surface area (Å²) in [6.07, 6.45) is 5.78. The first-order valence-electron chi connectivity index (χ1n) is 6.28. The van der Waals surface area contributed by atoms with Crippen molar-refractivity contribution in [2.24, 2.45) is 5.84 Å². The molecule has 4 N–H and O–H groups in total. The summed E-state index contributed by atoms with van der Waals surface area (Å²) in [5.41, 5.74) is 2.76. The first-order valence-corrected chi connectivity index (χ1v) is 6.28. The van der Waals surface area contributed by atoms with Crippen molar-refractivity contribution in [2.45, 2.75) is 51.5 Å². The summed E-state index contributed by atoms with van der Waals surface area (Å²) >= 11 is 0. The summed E-state index contributed by atoms with van der Waals surface area (Å²) in [5.74, 6) is 7.76. The number of hydrogen-bond donors (Lipinski definition) is 3. The lowest BCUT2D eigenvalue weighted by Crippen LogP contribution is -2.31. The van der Waals surface area contributed by atoms with Gasteiger partial charge in [0, 0.05) is 18.0 Å². The van der Waals surface area contributed by atoms with Crippen molar-refractivity contribution in [3.05, 3.63) is 11.9 Å². The van der Waals surface area contributed by atoms with Gasteiger partial charge < -0.3 is 10.7 Å². The van der Waals surface area contributed by atoms with Crippen LogP contribution in [-0.2, 0) is 6.42 Å². The van der Waals surface area contributed by atoms with Gasteiger partial charge in [-0.05, 0) is 19.8 Å². The lowest BCUT2D eigenvalue weighted by molar-refractivity contribution is 0.530. The molecule has 1 saturated carbocycles. The van der Waals surface area contributed by atoms with Crippen molar-refractivity contribution < 1.29 is 0 Å². The molecule has 0 spiro atoms. The Morgan fingerprint density at radius 1 is 1.29 bits per heavy atom. The van der Waals surface area contributed by atoms with Gasteiger partial charge in [0.2, 0.25) is 0 Å². The SMILES string of the molecule is CCc1nc(NN)cc(NC2(C)CCCC2)n1. The van der Waals surface area contributed by atoms with Crippen molar-refractivity contribution in [1.29, 1.82) is 0 Å². The van der Waals surface area contributed by atoms with Crippen LogP contribution < -0.4 is 16.6 Å². The van der Waals surface area contributed by atoms with Crippen LogP contribution in [-0.4, -0.2) is 15.5 Å². The van der Waals surface area contributed by atoms with Gasteiger partial charge in [-0.1, -0.05) is 19.8 Å². The van der Waals surface area contributed by atoms with E-state index < -0.39 is 0 Å². The fourth-order valence-electron chi connectivity index (χ4n) is 2.38. The van der Waals surface area contributed by atoms with Gasteiger partial charge >= 0.3 is 0 Å². The second-order valence-corrected chi connectivity index (χ2v) is 4.95. The number of nitrogens with one attached hydrogen (secondary N) is 2. The molecular formula is C12H21N5. The molecule has 2 rings (SSSR count). The standard InChI is InChI=1S/C12H21N5/c1-3-9-14-10(8-11(15-9)17-13)16-12(2)6-4-5-7-12/h8H,3-7,13H2,1-2H3,(H2,14,15,16,17). The predicted molar refractivity (Wildman–Crippen MR) is 69.7 cm³/mol. The number of nitrogens with zero attached hydrogens (tertiary/aromatic N) is 2. The zero-order valence-corrected chi connectivity index (χ0v) is 10.6. The fraction of sp³-hybridized carbons (Fsp3) is 0.667. The predicted octanol–water partition coefficient (Wildman–Crippen LogP) is 2.07. The molecular weight excluding hydrogens is 214 g/mol. The highest BCUT2D eigenvalue weighted by molar-refractivity contribution is 5.48. The molecule has 1 heterocycles. The normalized spacial score (nSPS) is 18.1. The number of aromatic nitrogens is 2. The van der Waals surface area contributed by atoms with Crippen LogP contribution in [0.5, 0.6) is 0 Å².